The van der Waals surface area contributed by atoms with Gasteiger partial charge >= 0.3 is 0 Å². The summed E-state index contributed by atoms with van der Waals surface area (Å²) in [7, 11) is 1.66. The number of anilines is 1. The SMILES string of the molecule is CCCNc1ccc(C)cc1C(=O)NCCCOC. The van der Waals surface area contributed by atoms with Crippen molar-refractivity contribution in [2.75, 3.05) is 32.1 Å². The van der Waals surface area contributed by atoms with Crippen LogP contribution in [-0.4, -0.2) is 32.7 Å². The molecular weight excluding hydrogens is 240 g/mol. The number of carbonyl (C=O) groups is 1. The van der Waals surface area contributed by atoms with Crippen molar-refractivity contribution in [2.24, 2.45) is 0 Å². The van der Waals surface area contributed by atoms with E-state index in [0.29, 0.717) is 18.7 Å². The van der Waals surface area contributed by atoms with E-state index >= 15 is 0 Å². The van der Waals surface area contributed by atoms with E-state index in [4.69, 9.17) is 4.74 Å². The molecule has 2 N–H and O–H groups in total. The van der Waals surface area contributed by atoms with Gasteiger partial charge in [0.1, 0.15) is 0 Å². The molecule has 0 atom stereocenters. The lowest BCUT2D eigenvalue weighted by Crippen LogP contribution is -2.26. The average molecular weight is 264 g/mol. The number of nitrogens with one attached hydrogen (secondary N) is 2. The molecular formula is C15H24N2O2. The maximum atomic E-state index is 12.2. The molecule has 0 aliphatic rings. The van der Waals surface area contributed by atoms with Gasteiger partial charge in [-0.1, -0.05) is 18.6 Å². The van der Waals surface area contributed by atoms with Crippen LogP contribution >= 0.6 is 0 Å². The summed E-state index contributed by atoms with van der Waals surface area (Å²) in [5, 5.41) is 6.21. The van der Waals surface area contributed by atoms with Gasteiger partial charge in [-0.2, -0.15) is 0 Å². The van der Waals surface area contributed by atoms with Crippen molar-refractivity contribution in [1.29, 1.82) is 0 Å². The largest absolute Gasteiger partial charge is 0.385 e. The summed E-state index contributed by atoms with van der Waals surface area (Å²) in [6, 6.07) is 5.90. The Labute approximate surface area is 115 Å². The van der Waals surface area contributed by atoms with Gasteiger partial charge in [0.15, 0.2) is 0 Å². The molecule has 106 valence electrons. The highest BCUT2D eigenvalue weighted by Crippen LogP contribution is 2.17. The molecule has 0 heterocycles. The van der Waals surface area contributed by atoms with Crippen molar-refractivity contribution >= 4 is 11.6 Å². The number of aryl methyl sites for hydroxylation is 1. The zero-order chi connectivity index (χ0) is 14.1. The molecule has 1 rings (SSSR count). The van der Waals surface area contributed by atoms with Gasteiger partial charge in [0.2, 0.25) is 0 Å². The first-order chi connectivity index (χ1) is 9.19. The van der Waals surface area contributed by atoms with Crippen LogP contribution in [0.25, 0.3) is 0 Å². The normalized spacial score (nSPS) is 10.3. The Kier molecular flexibility index (Phi) is 6.97. The highest BCUT2D eigenvalue weighted by atomic mass is 16.5. The minimum atomic E-state index is -0.0293. The van der Waals surface area contributed by atoms with Gasteiger partial charge in [-0.05, 0) is 31.9 Å². The van der Waals surface area contributed by atoms with Gasteiger partial charge in [-0.15, -0.1) is 0 Å². The lowest BCUT2D eigenvalue weighted by atomic mass is 10.1. The summed E-state index contributed by atoms with van der Waals surface area (Å²) in [4.78, 5) is 12.2. The molecule has 0 fully saturated rings. The predicted molar refractivity (Wildman–Crippen MR) is 78.8 cm³/mol. The lowest BCUT2D eigenvalue weighted by Gasteiger charge is -2.12. The second-order valence-electron chi connectivity index (χ2n) is 4.58. The van der Waals surface area contributed by atoms with Gasteiger partial charge in [-0.25, -0.2) is 0 Å². The van der Waals surface area contributed by atoms with Crippen LogP contribution in [0.5, 0.6) is 0 Å². The van der Waals surface area contributed by atoms with Gasteiger partial charge in [-0.3, -0.25) is 4.79 Å². The van der Waals surface area contributed by atoms with E-state index in [-0.39, 0.29) is 5.91 Å². The Morgan fingerprint density at radius 1 is 1.32 bits per heavy atom. The highest BCUT2D eigenvalue weighted by molar-refractivity contribution is 5.99. The summed E-state index contributed by atoms with van der Waals surface area (Å²) >= 11 is 0. The Bertz CT molecular complexity index is 405. The van der Waals surface area contributed by atoms with Crippen molar-refractivity contribution in [2.45, 2.75) is 26.7 Å². The number of amides is 1. The molecule has 19 heavy (non-hydrogen) atoms. The molecule has 0 unspecified atom stereocenters. The van der Waals surface area contributed by atoms with Crippen LogP contribution in [0.3, 0.4) is 0 Å². The van der Waals surface area contributed by atoms with E-state index in [9.17, 15) is 4.79 Å². The first kappa shape index (κ1) is 15.5. The fraction of sp³-hybridized carbons (Fsp3) is 0.533. The maximum Gasteiger partial charge on any atom is 0.253 e. The van der Waals surface area contributed by atoms with E-state index in [1.165, 1.54) is 0 Å². The standard InChI is InChI=1S/C15H24N2O2/c1-4-8-16-14-7-6-12(2)11-13(14)15(18)17-9-5-10-19-3/h6-7,11,16H,4-5,8-10H2,1-3H3,(H,17,18). The summed E-state index contributed by atoms with van der Waals surface area (Å²) in [6.07, 6.45) is 1.86. The van der Waals surface area contributed by atoms with Crippen molar-refractivity contribution in [1.82, 2.24) is 5.32 Å². The average Bonchev–Trinajstić information content (AvgIpc) is 2.42. The second kappa shape index (κ2) is 8.53. The topological polar surface area (TPSA) is 50.4 Å². The van der Waals surface area contributed by atoms with Crippen molar-refractivity contribution in [3.8, 4) is 0 Å². The lowest BCUT2D eigenvalue weighted by molar-refractivity contribution is 0.0949. The molecule has 0 saturated carbocycles. The highest BCUT2D eigenvalue weighted by Gasteiger charge is 2.10. The third-order valence-corrected chi connectivity index (χ3v) is 2.80. The molecule has 4 heteroatoms. The number of carbonyl (C=O) groups excluding carboxylic acids is 1. The molecule has 0 aliphatic carbocycles. The number of benzene rings is 1. The molecule has 0 saturated heterocycles. The Balaban J connectivity index is 2.67. The molecule has 1 amide bonds. The molecule has 1 aromatic rings. The van der Waals surface area contributed by atoms with Crippen LogP contribution in [0.15, 0.2) is 18.2 Å². The molecule has 0 bridgehead atoms. The zero-order valence-corrected chi connectivity index (χ0v) is 12.1. The summed E-state index contributed by atoms with van der Waals surface area (Å²) < 4.78 is 4.96. The first-order valence-corrected chi connectivity index (χ1v) is 6.80. The van der Waals surface area contributed by atoms with Crippen LogP contribution in [0.4, 0.5) is 5.69 Å². The molecule has 1 aromatic carbocycles. The van der Waals surface area contributed by atoms with Crippen molar-refractivity contribution in [3.63, 3.8) is 0 Å². The van der Waals surface area contributed by atoms with Crippen molar-refractivity contribution in [3.05, 3.63) is 29.3 Å². The van der Waals surface area contributed by atoms with Crippen LogP contribution in [0.2, 0.25) is 0 Å². The Morgan fingerprint density at radius 2 is 2.11 bits per heavy atom. The van der Waals surface area contributed by atoms with Crippen LogP contribution in [0.1, 0.15) is 35.7 Å². The number of ether oxygens (including phenoxy) is 1. The monoisotopic (exact) mass is 264 g/mol. The fourth-order valence-corrected chi connectivity index (χ4v) is 1.77. The molecule has 0 aromatic heterocycles. The minimum Gasteiger partial charge on any atom is -0.385 e. The first-order valence-electron chi connectivity index (χ1n) is 6.80. The number of hydrogen-bond donors (Lipinski definition) is 2. The van der Waals surface area contributed by atoms with Crippen LogP contribution in [0, 0.1) is 6.92 Å². The summed E-state index contributed by atoms with van der Waals surface area (Å²) in [6.45, 7) is 6.26. The fourth-order valence-electron chi connectivity index (χ4n) is 1.77. The van der Waals surface area contributed by atoms with E-state index in [0.717, 1.165) is 30.6 Å². The number of hydrogen-bond acceptors (Lipinski definition) is 3. The number of rotatable bonds is 8. The third kappa shape index (κ3) is 5.30. The smallest absolute Gasteiger partial charge is 0.253 e. The molecule has 0 radical (unpaired) electrons. The molecule has 0 spiro atoms. The minimum absolute atomic E-state index is 0.0293. The van der Waals surface area contributed by atoms with Gasteiger partial charge in [0.25, 0.3) is 5.91 Å². The van der Waals surface area contributed by atoms with Gasteiger partial charge < -0.3 is 15.4 Å². The van der Waals surface area contributed by atoms with Gasteiger partial charge in [0, 0.05) is 32.5 Å². The summed E-state index contributed by atoms with van der Waals surface area (Å²) in [5.41, 5.74) is 2.70. The number of methoxy groups -OCH3 is 1. The molecule has 0 aliphatic heterocycles. The Hall–Kier alpha value is -1.55. The Morgan fingerprint density at radius 3 is 2.79 bits per heavy atom. The predicted octanol–water partition coefficient (Wildman–Crippen LogP) is 2.58. The summed E-state index contributed by atoms with van der Waals surface area (Å²) in [5.74, 6) is -0.0293. The maximum absolute atomic E-state index is 12.2. The second-order valence-corrected chi connectivity index (χ2v) is 4.58. The van der Waals surface area contributed by atoms with E-state index in [1.54, 1.807) is 7.11 Å². The van der Waals surface area contributed by atoms with Crippen molar-refractivity contribution < 1.29 is 9.53 Å². The van der Waals surface area contributed by atoms with E-state index in [1.807, 2.05) is 25.1 Å². The van der Waals surface area contributed by atoms with Crippen LogP contribution in [-0.2, 0) is 4.74 Å². The van der Waals surface area contributed by atoms with E-state index < -0.39 is 0 Å². The van der Waals surface area contributed by atoms with E-state index in [2.05, 4.69) is 17.6 Å². The third-order valence-electron chi connectivity index (χ3n) is 2.80. The van der Waals surface area contributed by atoms with Gasteiger partial charge in [0.05, 0.1) is 5.56 Å². The van der Waals surface area contributed by atoms with Crippen LogP contribution < -0.4 is 10.6 Å². The quantitative estimate of drug-likeness (QED) is 0.710. The zero-order valence-electron chi connectivity index (χ0n) is 12.1. The molecule has 4 nitrogen and oxygen atoms in total.